The maximum absolute atomic E-state index is 12.3. The van der Waals surface area contributed by atoms with Crippen molar-refractivity contribution in [3.63, 3.8) is 0 Å². The van der Waals surface area contributed by atoms with E-state index in [1.807, 2.05) is 18.2 Å². The Kier molecular flexibility index (Phi) is 4.56. The minimum atomic E-state index is -0.870. The highest BCUT2D eigenvalue weighted by atomic mass is 16.5. The summed E-state index contributed by atoms with van der Waals surface area (Å²) in [5, 5.41) is 2.73. The Hall–Kier alpha value is -3.15. The molecule has 122 valence electrons. The molecule has 1 aromatic heterocycles. The van der Waals surface area contributed by atoms with E-state index in [1.165, 1.54) is 6.39 Å². The number of para-hydroxylation sites is 1. The summed E-state index contributed by atoms with van der Waals surface area (Å²) >= 11 is 0. The zero-order valence-corrected chi connectivity index (χ0v) is 13.1. The fraction of sp³-hybridized carbons (Fsp3) is 0.167. The van der Waals surface area contributed by atoms with Gasteiger partial charge in [0, 0.05) is 5.69 Å². The predicted molar refractivity (Wildman–Crippen MR) is 88.6 cm³/mol. The van der Waals surface area contributed by atoms with Crippen LogP contribution in [0.15, 0.2) is 59.3 Å². The number of aromatic nitrogens is 1. The summed E-state index contributed by atoms with van der Waals surface area (Å²) in [6.45, 7) is 1.78. The maximum atomic E-state index is 12.3. The first-order chi connectivity index (χ1) is 11.7. The van der Waals surface area contributed by atoms with Crippen molar-refractivity contribution in [1.29, 1.82) is 0 Å². The Morgan fingerprint density at radius 2 is 2.00 bits per heavy atom. The van der Waals surface area contributed by atoms with Crippen molar-refractivity contribution < 1.29 is 18.7 Å². The van der Waals surface area contributed by atoms with Crippen molar-refractivity contribution in [1.82, 2.24) is 4.98 Å². The van der Waals surface area contributed by atoms with E-state index in [4.69, 9.17) is 9.15 Å². The van der Waals surface area contributed by atoms with Crippen molar-refractivity contribution in [2.45, 2.75) is 19.4 Å². The molecular weight excluding hydrogens is 308 g/mol. The minimum absolute atomic E-state index is 0.322. The summed E-state index contributed by atoms with van der Waals surface area (Å²) in [5.74, 6) is -0.936. The molecule has 0 bridgehead atoms. The molecule has 3 rings (SSSR count). The number of anilines is 1. The van der Waals surface area contributed by atoms with E-state index in [9.17, 15) is 9.59 Å². The van der Waals surface area contributed by atoms with Crippen LogP contribution in [0.3, 0.4) is 0 Å². The van der Waals surface area contributed by atoms with Gasteiger partial charge in [0.25, 0.3) is 5.91 Å². The lowest BCUT2D eigenvalue weighted by atomic mass is 10.2. The third-order valence-electron chi connectivity index (χ3n) is 3.52. The summed E-state index contributed by atoms with van der Waals surface area (Å²) in [4.78, 5) is 28.5. The van der Waals surface area contributed by atoms with Crippen LogP contribution in [0.1, 0.15) is 23.7 Å². The fourth-order valence-electron chi connectivity index (χ4n) is 2.25. The van der Waals surface area contributed by atoms with E-state index in [1.54, 1.807) is 37.3 Å². The van der Waals surface area contributed by atoms with Crippen molar-refractivity contribution in [2.75, 3.05) is 5.32 Å². The molecule has 0 saturated carbocycles. The average molecular weight is 324 g/mol. The van der Waals surface area contributed by atoms with Gasteiger partial charge in [-0.05, 0) is 36.8 Å². The number of nitrogens with one attached hydrogen (secondary N) is 1. The summed E-state index contributed by atoms with van der Waals surface area (Å²) < 4.78 is 10.5. The Morgan fingerprint density at radius 1 is 1.21 bits per heavy atom. The first-order valence-electron chi connectivity index (χ1n) is 7.57. The van der Waals surface area contributed by atoms with Crippen molar-refractivity contribution >= 4 is 28.7 Å². The molecule has 0 aliphatic rings. The zero-order valence-electron chi connectivity index (χ0n) is 13.1. The first kappa shape index (κ1) is 15.7. The molecule has 6 nitrogen and oxygen atoms in total. The fourth-order valence-corrected chi connectivity index (χ4v) is 2.25. The second-order valence-electron chi connectivity index (χ2n) is 5.19. The number of carbonyl (C=O) groups excluding carboxylic acids is 2. The third kappa shape index (κ3) is 3.43. The quantitative estimate of drug-likeness (QED) is 0.727. The van der Waals surface area contributed by atoms with Crippen LogP contribution in [0.4, 0.5) is 5.69 Å². The number of rotatable bonds is 5. The number of amides is 1. The van der Waals surface area contributed by atoms with Gasteiger partial charge in [-0.25, -0.2) is 9.78 Å². The lowest BCUT2D eigenvalue weighted by Gasteiger charge is -2.16. The van der Waals surface area contributed by atoms with Crippen LogP contribution in [-0.2, 0) is 9.53 Å². The number of oxazole rings is 1. The predicted octanol–water partition coefficient (Wildman–Crippen LogP) is 3.40. The molecule has 2 aromatic carbocycles. The molecule has 3 aromatic rings. The van der Waals surface area contributed by atoms with Gasteiger partial charge in [0.2, 0.25) is 0 Å². The Balaban J connectivity index is 1.69. The van der Waals surface area contributed by atoms with Gasteiger partial charge in [0.05, 0.1) is 5.56 Å². The van der Waals surface area contributed by atoms with Gasteiger partial charge in [0.1, 0.15) is 5.52 Å². The van der Waals surface area contributed by atoms with Crippen LogP contribution in [0.2, 0.25) is 0 Å². The van der Waals surface area contributed by atoms with E-state index >= 15 is 0 Å². The molecule has 0 aliphatic heterocycles. The van der Waals surface area contributed by atoms with Crippen LogP contribution in [0, 0.1) is 0 Å². The van der Waals surface area contributed by atoms with Crippen molar-refractivity contribution in [3.8, 4) is 0 Å². The van der Waals surface area contributed by atoms with Crippen molar-refractivity contribution in [3.05, 3.63) is 60.5 Å². The monoisotopic (exact) mass is 324 g/mol. The number of carbonyl (C=O) groups is 2. The molecule has 0 fully saturated rings. The number of hydrogen-bond acceptors (Lipinski definition) is 5. The number of nitrogens with zero attached hydrogens (tertiary/aromatic N) is 1. The number of hydrogen-bond donors (Lipinski definition) is 1. The summed E-state index contributed by atoms with van der Waals surface area (Å²) in [5.41, 5.74) is 2.12. The normalized spacial score (nSPS) is 11.9. The van der Waals surface area contributed by atoms with Crippen LogP contribution in [-0.4, -0.2) is 23.0 Å². The number of ether oxygens (including phenoxy) is 1. The molecule has 6 heteroatoms. The molecule has 1 unspecified atom stereocenters. The van der Waals surface area contributed by atoms with Crippen LogP contribution in [0.5, 0.6) is 0 Å². The van der Waals surface area contributed by atoms with E-state index in [2.05, 4.69) is 10.3 Å². The van der Waals surface area contributed by atoms with E-state index < -0.39 is 12.1 Å². The smallest absolute Gasteiger partial charge is 0.338 e. The lowest BCUT2D eigenvalue weighted by molar-refractivity contribution is -0.124. The second-order valence-corrected chi connectivity index (χ2v) is 5.19. The molecule has 24 heavy (non-hydrogen) atoms. The van der Waals surface area contributed by atoms with Crippen LogP contribution < -0.4 is 5.32 Å². The van der Waals surface area contributed by atoms with Gasteiger partial charge in [-0.2, -0.15) is 0 Å². The highest BCUT2D eigenvalue weighted by molar-refractivity contribution is 5.98. The molecule has 0 saturated heterocycles. The number of esters is 1. The molecule has 1 heterocycles. The Labute approximate surface area is 138 Å². The third-order valence-corrected chi connectivity index (χ3v) is 3.52. The Morgan fingerprint density at radius 3 is 2.75 bits per heavy atom. The van der Waals surface area contributed by atoms with Gasteiger partial charge >= 0.3 is 5.97 Å². The SMILES string of the molecule is CCC(OC(=O)c1ccc2ocnc2c1)C(=O)Nc1ccccc1. The van der Waals surface area contributed by atoms with E-state index in [0.29, 0.717) is 28.8 Å². The highest BCUT2D eigenvalue weighted by Gasteiger charge is 2.22. The van der Waals surface area contributed by atoms with Gasteiger partial charge in [-0.3, -0.25) is 4.79 Å². The van der Waals surface area contributed by atoms with Gasteiger partial charge < -0.3 is 14.5 Å². The lowest BCUT2D eigenvalue weighted by Crippen LogP contribution is -2.32. The average Bonchev–Trinajstić information content (AvgIpc) is 3.07. The molecule has 1 atom stereocenters. The van der Waals surface area contributed by atoms with E-state index in [0.717, 1.165) is 0 Å². The van der Waals surface area contributed by atoms with Crippen molar-refractivity contribution in [2.24, 2.45) is 0 Å². The minimum Gasteiger partial charge on any atom is -0.449 e. The number of benzene rings is 2. The summed E-state index contributed by atoms with van der Waals surface area (Å²) in [6, 6.07) is 13.8. The molecule has 0 radical (unpaired) electrons. The zero-order chi connectivity index (χ0) is 16.9. The highest BCUT2D eigenvalue weighted by Crippen LogP contribution is 2.16. The number of fused-ring (bicyclic) bond motifs is 1. The topological polar surface area (TPSA) is 81.4 Å². The molecule has 0 aliphatic carbocycles. The second kappa shape index (κ2) is 6.95. The molecule has 1 N–H and O–H groups in total. The first-order valence-corrected chi connectivity index (χ1v) is 7.57. The van der Waals surface area contributed by atoms with E-state index in [-0.39, 0.29) is 5.91 Å². The van der Waals surface area contributed by atoms with Gasteiger partial charge in [0.15, 0.2) is 18.1 Å². The van der Waals surface area contributed by atoms with Gasteiger partial charge in [-0.15, -0.1) is 0 Å². The summed E-state index contributed by atoms with van der Waals surface area (Å²) in [6.07, 6.45) is 0.809. The standard InChI is InChI=1S/C18H16N2O4/c1-2-15(17(21)20-13-6-4-3-5-7-13)24-18(22)12-8-9-16-14(10-12)19-11-23-16/h3-11,15H,2H2,1H3,(H,20,21). The van der Waals surface area contributed by atoms with Gasteiger partial charge in [-0.1, -0.05) is 25.1 Å². The Bertz CT molecular complexity index is 858. The van der Waals surface area contributed by atoms with Crippen LogP contribution in [0.25, 0.3) is 11.1 Å². The molecule has 1 amide bonds. The van der Waals surface area contributed by atoms with Crippen LogP contribution >= 0.6 is 0 Å². The molecule has 0 spiro atoms. The largest absolute Gasteiger partial charge is 0.449 e. The maximum Gasteiger partial charge on any atom is 0.338 e. The summed E-state index contributed by atoms with van der Waals surface area (Å²) in [7, 11) is 0. The molecular formula is C18H16N2O4.